The van der Waals surface area contributed by atoms with E-state index in [1.54, 1.807) is 0 Å². The fraction of sp³-hybridized carbons (Fsp3) is 0.783. The molecule has 0 aromatic heterocycles. The van der Waals surface area contributed by atoms with Crippen LogP contribution >= 0.6 is 0 Å². The summed E-state index contributed by atoms with van der Waals surface area (Å²) in [4.78, 5) is 29.6. The van der Waals surface area contributed by atoms with Crippen molar-refractivity contribution >= 4 is 11.6 Å². The Balaban J connectivity index is 1.72. The second-order valence-electron chi connectivity index (χ2n) is 10.1. The highest BCUT2D eigenvalue weighted by Gasteiger charge is 2.63. The normalized spacial score (nSPS) is 48.3. The summed E-state index contributed by atoms with van der Waals surface area (Å²) in [6.45, 7) is 13.7. The van der Waals surface area contributed by atoms with Crippen LogP contribution in [0.4, 0.5) is 0 Å². The maximum absolute atomic E-state index is 13.5. The van der Waals surface area contributed by atoms with E-state index in [-0.39, 0.29) is 41.0 Å². The number of carbonyl (C=O) groups excluding carboxylic acids is 2. The lowest BCUT2D eigenvalue weighted by molar-refractivity contribution is -0.161. The Bertz CT molecular complexity index is 762. The van der Waals surface area contributed by atoms with E-state index in [0.717, 1.165) is 31.4 Å². The van der Waals surface area contributed by atoms with Crippen molar-refractivity contribution in [2.45, 2.75) is 65.7 Å². The summed E-state index contributed by atoms with van der Waals surface area (Å²) >= 11 is 0. The number of allylic oxidation sites excluding steroid dienone is 2. The van der Waals surface area contributed by atoms with Crippen molar-refractivity contribution in [1.82, 2.24) is 0 Å². The van der Waals surface area contributed by atoms with Gasteiger partial charge in [0.1, 0.15) is 11.6 Å². The molecule has 0 amide bonds. The molecule has 4 aliphatic carbocycles. The summed E-state index contributed by atoms with van der Waals surface area (Å²) in [5.41, 5.74) is 1.68. The van der Waals surface area contributed by atoms with Crippen LogP contribution in [0.15, 0.2) is 11.3 Å². The van der Waals surface area contributed by atoms with Crippen LogP contribution in [0.5, 0.6) is 0 Å². The highest BCUT2D eigenvalue weighted by atomic mass is 16.3. The number of hydrogen-bond donors (Lipinski definition) is 1. The maximum atomic E-state index is 13.5. The van der Waals surface area contributed by atoms with Gasteiger partial charge in [0.15, 0.2) is 5.70 Å². The number of fused-ring (bicyclic) bond motifs is 5. The third kappa shape index (κ3) is 2.50. The van der Waals surface area contributed by atoms with Gasteiger partial charge in [0.2, 0.25) is 0 Å². The van der Waals surface area contributed by atoms with Crippen molar-refractivity contribution in [3.63, 3.8) is 0 Å². The Labute approximate surface area is 162 Å². The van der Waals surface area contributed by atoms with Crippen LogP contribution in [0.25, 0.3) is 4.85 Å². The topological polar surface area (TPSA) is 58.7 Å². The van der Waals surface area contributed by atoms with Gasteiger partial charge in [-0.3, -0.25) is 9.59 Å². The molecule has 4 rings (SSSR count). The third-order valence-corrected chi connectivity index (χ3v) is 8.95. The minimum Gasteiger partial charge on any atom is -0.396 e. The molecule has 4 fully saturated rings. The van der Waals surface area contributed by atoms with Crippen LogP contribution in [0, 0.1) is 47.0 Å². The minimum atomic E-state index is -0.297. The number of aliphatic hydroxyl groups is 1. The summed E-state index contributed by atoms with van der Waals surface area (Å²) in [5.74, 6) is 1.36. The summed E-state index contributed by atoms with van der Waals surface area (Å²) in [6.07, 6.45) is 5.80. The van der Waals surface area contributed by atoms with Crippen molar-refractivity contribution in [1.29, 1.82) is 0 Å². The van der Waals surface area contributed by atoms with E-state index in [9.17, 15) is 14.7 Å². The molecule has 0 radical (unpaired) electrons. The standard InChI is InChI=1S/C23H31NO3/c1-13(24-4)17-7-8-18-16-6-5-15-9-19(26)14(12-25)10-22(15,2)21(16)20(27)11-23(17,18)3/h14-16,18,21,25H,5-12H2,1-3H3/b17-13-/t14-,15-,16+,18+,21-,22+,23-/m1/s1. The van der Waals surface area contributed by atoms with Gasteiger partial charge in [0.05, 0.1) is 13.2 Å². The lowest BCUT2D eigenvalue weighted by Gasteiger charge is -2.59. The van der Waals surface area contributed by atoms with E-state index in [0.29, 0.717) is 36.9 Å². The molecule has 0 aromatic carbocycles. The van der Waals surface area contributed by atoms with Crippen molar-refractivity contribution in [3.8, 4) is 0 Å². The molecule has 4 aliphatic rings. The number of ketones is 2. The molecule has 0 unspecified atom stereocenters. The Morgan fingerprint density at radius 2 is 1.96 bits per heavy atom. The molecule has 4 saturated carbocycles. The molecule has 27 heavy (non-hydrogen) atoms. The van der Waals surface area contributed by atoms with E-state index in [4.69, 9.17) is 6.57 Å². The van der Waals surface area contributed by atoms with E-state index in [2.05, 4.69) is 18.7 Å². The molecule has 0 aromatic rings. The first kappa shape index (κ1) is 18.9. The molecule has 0 bridgehead atoms. The van der Waals surface area contributed by atoms with Gasteiger partial charge in [-0.15, -0.1) is 0 Å². The molecule has 0 aliphatic heterocycles. The van der Waals surface area contributed by atoms with Gasteiger partial charge in [0.25, 0.3) is 0 Å². The van der Waals surface area contributed by atoms with Crippen molar-refractivity contribution in [3.05, 3.63) is 22.7 Å². The SMILES string of the molecule is [C-]#[N+]/C(C)=C1/CC[C@H]2[C@@H]3CC[C@@H]4CC(=O)[C@@H](CO)C[C@]4(C)[C@H]3C(=O)C[C@]12C. The van der Waals surface area contributed by atoms with Gasteiger partial charge >= 0.3 is 0 Å². The van der Waals surface area contributed by atoms with Crippen LogP contribution in [0.2, 0.25) is 0 Å². The average Bonchev–Trinajstić information content (AvgIpc) is 2.97. The highest BCUT2D eigenvalue weighted by Crippen LogP contribution is 2.66. The first-order valence-electron chi connectivity index (χ1n) is 10.5. The monoisotopic (exact) mass is 369 g/mol. The van der Waals surface area contributed by atoms with E-state index < -0.39 is 0 Å². The number of rotatable bonds is 1. The van der Waals surface area contributed by atoms with Crippen LogP contribution in [-0.2, 0) is 9.59 Å². The average molecular weight is 370 g/mol. The Kier molecular flexibility index (Phi) is 4.38. The van der Waals surface area contributed by atoms with E-state index >= 15 is 0 Å². The largest absolute Gasteiger partial charge is 0.396 e. The first-order valence-corrected chi connectivity index (χ1v) is 10.5. The molecular formula is C23H31NO3. The summed E-state index contributed by atoms with van der Waals surface area (Å²) in [7, 11) is 0. The molecular weight excluding hydrogens is 338 g/mol. The predicted octanol–water partition coefficient (Wildman–Crippen LogP) is 4.19. The second-order valence-corrected chi connectivity index (χ2v) is 10.1. The zero-order valence-electron chi connectivity index (χ0n) is 16.8. The molecule has 4 nitrogen and oxygen atoms in total. The van der Waals surface area contributed by atoms with E-state index in [1.807, 2.05) is 6.92 Å². The number of Topliss-reactive ketones (excluding diaryl/α,β-unsaturated/α-hetero) is 2. The fourth-order valence-corrected chi connectivity index (χ4v) is 7.71. The molecule has 7 atom stereocenters. The summed E-state index contributed by atoms with van der Waals surface area (Å²) in [6, 6.07) is 0. The predicted molar refractivity (Wildman–Crippen MR) is 102 cm³/mol. The van der Waals surface area contributed by atoms with Crippen LogP contribution in [0.1, 0.15) is 65.7 Å². The molecule has 1 N–H and O–H groups in total. The Hall–Kier alpha value is -1.47. The second kappa shape index (κ2) is 6.27. The van der Waals surface area contributed by atoms with Crippen molar-refractivity contribution in [2.24, 2.45) is 40.4 Å². The maximum Gasteiger partial charge on any atom is 0.162 e. The van der Waals surface area contributed by atoms with Gasteiger partial charge in [-0.25, -0.2) is 4.85 Å². The molecule has 0 saturated heterocycles. The molecule has 0 spiro atoms. The zero-order valence-corrected chi connectivity index (χ0v) is 16.8. The first-order chi connectivity index (χ1) is 12.8. The van der Waals surface area contributed by atoms with Crippen molar-refractivity contribution < 1.29 is 14.7 Å². The van der Waals surface area contributed by atoms with Gasteiger partial charge in [-0.05, 0) is 67.6 Å². The minimum absolute atomic E-state index is 0.0177. The van der Waals surface area contributed by atoms with Gasteiger partial charge < -0.3 is 5.11 Å². The molecule has 4 heteroatoms. The Morgan fingerprint density at radius 1 is 1.22 bits per heavy atom. The fourth-order valence-electron chi connectivity index (χ4n) is 7.71. The van der Waals surface area contributed by atoms with Gasteiger partial charge in [0, 0.05) is 24.7 Å². The summed E-state index contributed by atoms with van der Waals surface area (Å²) < 4.78 is 0. The molecule has 0 heterocycles. The van der Waals surface area contributed by atoms with E-state index in [1.165, 1.54) is 5.57 Å². The van der Waals surface area contributed by atoms with Crippen LogP contribution in [-0.4, -0.2) is 23.3 Å². The van der Waals surface area contributed by atoms with Crippen LogP contribution < -0.4 is 0 Å². The van der Waals surface area contributed by atoms with Crippen LogP contribution in [0.3, 0.4) is 0 Å². The summed E-state index contributed by atoms with van der Waals surface area (Å²) in [5, 5.41) is 9.70. The Morgan fingerprint density at radius 3 is 2.63 bits per heavy atom. The quantitative estimate of drug-likeness (QED) is 0.705. The van der Waals surface area contributed by atoms with Gasteiger partial charge in [-0.2, -0.15) is 0 Å². The highest BCUT2D eigenvalue weighted by molar-refractivity contribution is 5.87. The number of carbonyl (C=O) groups is 2. The molecule has 146 valence electrons. The number of hydrogen-bond acceptors (Lipinski definition) is 3. The number of nitrogens with zero attached hydrogens (tertiary/aromatic N) is 1. The smallest absolute Gasteiger partial charge is 0.162 e. The number of aliphatic hydroxyl groups excluding tert-OH is 1. The lowest BCUT2D eigenvalue weighted by atomic mass is 9.44. The lowest BCUT2D eigenvalue weighted by Crippen LogP contribution is -2.58. The third-order valence-electron chi connectivity index (χ3n) is 8.95. The van der Waals surface area contributed by atoms with Gasteiger partial charge in [-0.1, -0.05) is 19.4 Å². The zero-order chi connectivity index (χ0) is 19.6. The van der Waals surface area contributed by atoms with Crippen molar-refractivity contribution in [2.75, 3.05) is 6.61 Å².